The number of anilines is 1. The Morgan fingerprint density at radius 3 is 2.69 bits per heavy atom. The zero-order valence-electron chi connectivity index (χ0n) is 15.8. The van der Waals surface area contributed by atoms with Crippen molar-refractivity contribution in [2.24, 2.45) is 0 Å². The molecule has 1 aromatic carbocycles. The van der Waals surface area contributed by atoms with Gasteiger partial charge in [0.2, 0.25) is 0 Å². The van der Waals surface area contributed by atoms with Gasteiger partial charge in [-0.15, -0.1) is 11.3 Å². The van der Waals surface area contributed by atoms with E-state index in [1.165, 1.54) is 31.6 Å². The molecule has 0 unspecified atom stereocenters. The molecule has 3 heterocycles. The number of nitrogens with zero attached hydrogens (tertiary/aromatic N) is 2. The lowest BCUT2D eigenvalue weighted by molar-refractivity contribution is -0.113. The topological polar surface area (TPSA) is 102 Å². The number of sulfonamides is 1. The zero-order chi connectivity index (χ0) is 20.8. The van der Waals surface area contributed by atoms with E-state index < -0.39 is 15.9 Å². The fourth-order valence-electron chi connectivity index (χ4n) is 3.04. The number of carbonyl (C=O) groups excluding carboxylic acids is 1. The lowest BCUT2D eigenvalue weighted by atomic mass is 10.1. The number of rotatable bonds is 4. The third-order valence-electron chi connectivity index (χ3n) is 4.44. The fourth-order valence-corrected chi connectivity index (χ4v) is 5.13. The van der Waals surface area contributed by atoms with Gasteiger partial charge in [0.25, 0.3) is 15.9 Å². The molecule has 0 bridgehead atoms. The number of carbonyl (C=O) groups is 1. The average molecular weight is 431 g/mol. The van der Waals surface area contributed by atoms with Gasteiger partial charge in [-0.25, -0.2) is 13.4 Å². The number of amides is 1. The van der Waals surface area contributed by atoms with Crippen molar-refractivity contribution in [1.29, 1.82) is 0 Å². The summed E-state index contributed by atoms with van der Waals surface area (Å²) < 4.78 is 37.6. The molecule has 1 N–H and O–H groups in total. The molecule has 0 atom stereocenters. The van der Waals surface area contributed by atoms with Crippen LogP contribution in [0.1, 0.15) is 11.3 Å². The van der Waals surface area contributed by atoms with E-state index in [1.807, 2.05) is 13.0 Å². The number of likely N-dealkylation sites (N-methyl/N-ethyl adjacent to an activating group) is 1. The second-order valence-electron chi connectivity index (χ2n) is 6.25. The Hall–Kier alpha value is -3.11. The van der Waals surface area contributed by atoms with Crippen molar-refractivity contribution in [3.63, 3.8) is 0 Å². The van der Waals surface area contributed by atoms with Crippen LogP contribution in [-0.2, 0) is 19.6 Å². The van der Waals surface area contributed by atoms with Crippen molar-refractivity contribution < 1.29 is 22.4 Å². The minimum absolute atomic E-state index is 0.0839. The molecule has 1 aliphatic heterocycles. The normalized spacial score (nSPS) is 15.2. The predicted molar refractivity (Wildman–Crippen MR) is 109 cm³/mol. The maximum absolute atomic E-state index is 13.0. The highest BCUT2D eigenvalue weighted by molar-refractivity contribution is 7.89. The van der Waals surface area contributed by atoms with Gasteiger partial charge in [0, 0.05) is 18.0 Å². The number of methoxy groups -OCH3 is 1. The van der Waals surface area contributed by atoms with E-state index in [0.717, 1.165) is 10.1 Å². The first-order valence-electron chi connectivity index (χ1n) is 8.53. The van der Waals surface area contributed by atoms with E-state index in [9.17, 15) is 13.2 Å². The first-order chi connectivity index (χ1) is 13.8. The SMILES string of the molecule is COC1=C(C(=O)Nc2nc(-c3ccc(C)o3)cs2)N(C)S(=O)(=O)c2ccccc21. The molecule has 0 radical (unpaired) electrons. The van der Waals surface area contributed by atoms with Gasteiger partial charge in [0.1, 0.15) is 11.5 Å². The van der Waals surface area contributed by atoms with E-state index in [2.05, 4.69) is 10.3 Å². The van der Waals surface area contributed by atoms with Crippen molar-refractivity contribution in [3.8, 4) is 11.5 Å². The Labute approximate surface area is 171 Å². The first kappa shape index (κ1) is 19.2. The molecule has 29 heavy (non-hydrogen) atoms. The third kappa shape index (κ3) is 3.19. The second kappa shape index (κ2) is 7.05. The Bertz CT molecular complexity index is 1240. The number of thiazole rings is 1. The van der Waals surface area contributed by atoms with Gasteiger partial charge in [-0.1, -0.05) is 12.1 Å². The van der Waals surface area contributed by atoms with E-state index in [0.29, 0.717) is 22.1 Å². The summed E-state index contributed by atoms with van der Waals surface area (Å²) in [5, 5.41) is 4.71. The zero-order valence-corrected chi connectivity index (χ0v) is 17.4. The molecular formula is C19H17N3O5S2. The monoisotopic (exact) mass is 431 g/mol. The van der Waals surface area contributed by atoms with Gasteiger partial charge >= 0.3 is 0 Å². The molecule has 150 valence electrons. The van der Waals surface area contributed by atoms with Crippen LogP contribution in [0.2, 0.25) is 0 Å². The molecule has 0 aliphatic carbocycles. The van der Waals surface area contributed by atoms with Crippen LogP contribution in [0.5, 0.6) is 0 Å². The van der Waals surface area contributed by atoms with Crippen molar-refractivity contribution in [2.75, 3.05) is 19.5 Å². The van der Waals surface area contributed by atoms with Crippen LogP contribution in [0.4, 0.5) is 5.13 Å². The number of aryl methyl sites for hydroxylation is 1. The standard InChI is InChI=1S/C19H17N3O5S2/c1-11-8-9-14(27-11)13-10-28-19(20-13)21-18(23)16-17(26-3)12-6-4-5-7-15(12)29(24,25)22(16)2/h4-10H,1-3H3,(H,20,21,23). The highest BCUT2D eigenvalue weighted by Crippen LogP contribution is 2.36. The number of hydrogen-bond acceptors (Lipinski definition) is 7. The van der Waals surface area contributed by atoms with Crippen LogP contribution in [0.25, 0.3) is 17.2 Å². The van der Waals surface area contributed by atoms with Crippen molar-refractivity contribution in [2.45, 2.75) is 11.8 Å². The summed E-state index contributed by atoms with van der Waals surface area (Å²) in [6, 6.07) is 10.0. The van der Waals surface area contributed by atoms with Crippen LogP contribution in [-0.4, -0.2) is 37.8 Å². The van der Waals surface area contributed by atoms with Crippen LogP contribution >= 0.6 is 11.3 Å². The summed E-state index contributed by atoms with van der Waals surface area (Å²) in [4.78, 5) is 17.4. The van der Waals surface area contributed by atoms with Crippen LogP contribution in [0.3, 0.4) is 0 Å². The minimum Gasteiger partial charge on any atom is -0.494 e. The van der Waals surface area contributed by atoms with Crippen LogP contribution in [0.15, 0.2) is 56.8 Å². The minimum atomic E-state index is -3.88. The number of nitrogens with one attached hydrogen (secondary N) is 1. The quantitative estimate of drug-likeness (QED) is 0.680. The molecule has 8 nitrogen and oxygen atoms in total. The molecule has 0 spiro atoms. The summed E-state index contributed by atoms with van der Waals surface area (Å²) >= 11 is 1.21. The van der Waals surface area contributed by atoms with Crippen molar-refractivity contribution >= 4 is 38.2 Å². The Balaban J connectivity index is 1.71. The van der Waals surface area contributed by atoms with Gasteiger partial charge in [-0.3, -0.25) is 14.4 Å². The molecule has 10 heteroatoms. The van der Waals surface area contributed by atoms with E-state index in [1.54, 1.807) is 29.6 Å². The maximum atomic E-state index is 13.0. The van der Waals surface area contributed by atoms with E-state index >= 15 is 0 Å². The highest BCUT2D eigenvalue weighted by atomic mass is 32.2. The molecule has 4 rings (SSSR count). The summed E-state index contributed by atoms with van der Waals surface area (Å²) in [6.07, 6.45) is 0. The molecule has 0 saturated carbocycles. The predicted octanol–water partition coefficient (Wildman–Crippen LogP) is 3.30. The Kier molecular flexibility index (Phi) is 4.67. The molecule has 1 amide bonds. The first-order valence-corrected chi connectivity index (χ1v) is 10.8. The summed E-state index contributed by atoms with van der Waals surface area (Å²) in [5.74, 6) is 0.872. The number of benzene rings is 1. The molecule has 3 aromatic rings. The summed E-state index contributed by atoms with van der Waals surface area (Å²) in [6.45, 7) is 1.83. The van der Waals surface area contributed by atoms with Gasteiger partial charge in [-0.05, 0) is 31.2 Å². The van der Waals surface area contributed by atoms with Gasteiger partial charge in [0.15, 0.2) is 22.3 Å². The van der Waals surface area contributed by atoms with Crippen LogP contribution in [0, 0.1) is 6.92 Å². The highest BCUT2D eigenvalue weighted by Gasteiger charge is 2.38. The molecule has 1 aliphatic rings. The van der Waals surface area contributed by atoms with Crippen molar-refractivity contribution in [3.05, 3.63) is 58.8 Å². The number of aromatic nitrogens is 1. The largest absolute Gasteiger partial charge is 0.494 e. The maximum Gasteiger partial charge on any atom is 0.278 e. The summed E-state index contributed by atoms with van der Waals surface area (Å²) in [7, 11) is -1.17. The van der Waals surface area contributed by atoms with Gasteiger partial charge in [-0.2, -0.15) is 0 Å². The van der Waals surface area contributed by atoms with Crippen LogP contribution < -0.4 is 5.32 Å². The molecule has 2 aromatic heterocycles. The van der Waals surface area contributed by atoms with E-state index in [-0.39, 0.29) is 16.4 Å². The number of fused-ring (bicyclic) bond motifs is 1. The number of hydrogen-bond donors (Lipinski definition) is 1. The molecule has 0 fully saturated rings. The lowest BCUT2D eigenvalue weighted by Gasteiger charge is -2.29. The molecule has 0 saturated heterocycles. The number of ether oxygens (including phenoxy) is 1. The van der Waals surface area contributed by atoms with Gasteiger partial charge in [0.05, 0.1) is 12.0 Å². The van der Waals surface area contributed by atoms with E-state index in [4.69, 9.17) is 9.15 Å². The third-order valence-corrected chi connectivity index (χ3v) is 7.01. The average Bonchev–Trinajstić information content (AvgIpc) is 3.33. The molecular weight excluding hydrogens is 414 g/mol. The van der Waals surface area contributed by atoms with Gasteiger partial charge < -0.3 is 9.15 Å². The fraction of sp³-hybridized carbons (Fsp3) is 0.158. The number of furan rings is 1. The second-order valence-corrected chi connectivity index (χ2v) is 9.05. The lowest BCUT2D eigenvalue weighted by Crippen LogP contribution is -2.37. The smallest absolute Gasteiger partial charge is 0.278 e. The summed E-state index contributed by atoms with van der Waals surface area (Å²) in [5.41, 5.74) is 0.801. The van der Waals surface area contributed by atoms with Crippen molar-refractivity contribution in [1.82, 2.24) is 9.29 Å². The Morgan fingerprint density at radius 1 is 1.24 bits per heavy atom. The Morgan fingerprint density at radius 2 is 2.00 bits per heavy atom.